The molecule has 0 spiro atoms. The summed E-state index contributed by atoms with van der Waals surface area (Å²) >= 11 is 0. The number of rotatable bonds is 2. The van der Waals surface area contributed by atoms with E-state index in [1.54, 1.807) is 11.0 Å². The predicted molar refractivity (Wildman–Crippen MR) is 72.7 cm³/mol. The van der Waals surface area contributed by atoms with Crippen molar-refractivity contribution in [1.29, 1.82) is 0 Å². The van der Waals surface area contributed by atoms with Gasteiger partial charge in [0, 0.05) is 31.7 Å². The Morgan fingerprint density at radius 1 is 1.35 bits per heavy atom. The van der Waals surface area contributed by atoms with Crippen LogP contribution >= 0.6 is 0 Å². The van der Waals surface area contributed by atoms with E-state index in [1.807, 2.05) is 6.07 Å². The SMILES string of the molecule is O=C(C1CCOCC1)N1CCc2cccc([N+](=O)[O-])c21. The van der Waals surface area contributed by atoms with Gasteiger partial charge in [-0.25, -0.2) is 0 Å². The molecule has 0 saturated carbocycles. The molecule has 2 aliphatic rings. The lowest BCUT2D eigenvalue weighted by Crippen LogP contribution is -2.37. The Balaban J connectivity index is 1.91. The van der Waals surface area contributed by atoms with Crippen LogP contribution in [-0.4, -0.2) is 30.6 Å². The third-order valence-electron chi connectivity index (χ3n) is 4.01. The van der Waals surface area contributed by atoms with E-state index >= 15 is 0 Å². The average molecular weight is 276 g/mol. The van der Waals surface area contributed by atoms with Crippen LogP contribution < -0.4 is 4.90 Å². The van der Waals surface area contributed by atoms with Crippen LogP contribution in [-0.2, 0) is 16.0 Å². The fourth-order valence-corrected chi connectivity index (χ4v) is 2.97. The van der Waals surface area contributed by atoms with Crippen LogP contribution in [0.3, 0.4) is 0 Å². The molecule has 3 rings (SSSR count). The van der Waals surface area contributed by atoms with E-state index in [-0.39, 0.29) is 17.5 Å². The molecule has 0 N–H and O–H groups in total. The smallest absolute Gasteiger partial charge is 0.293 e. The van der Waals surface area contributed by atoms with Gasteiger partial charge in [-0.05, 0) is 24.8 Å². The molecule has 2 heterocycles. The highest BCUT2D eigenvalue weighted by molar-refractivity contribution is 5.99. The minimum atomic E-state index is -0.408. The standard InChI is InChI=1S/C14H16N2O4/c17-14(11-5-8-20-9-6-11)15-7-4-10-2-1-3-12(13(10)15)16(18)19/h1-3,11H,4-9H2. The second-order valence-corrected chi connectivity index (χ2v) is 5.17. The third-order valence-corrected chi connectivity index (χ3v) is 4.01. The Morgan fingerprint density at radius 2 is 2.10 bits per heavy atom. The monoisotopic (exact) mass is 276 g/mol. The van der Waals surface area contributed by atoms with Crippen LogP contribution in [0.25, 0.3) is 0 Å². The van der Waals surface area contributed by atoms with E-state index < -0.39 is 4.92 Å². The van der Waals surface area contributed by atoms with Gasteiger partial charge in [0.2, 0.25) is 5.91 Å². The molecule has 1 aromatic rings. The van der Waals surface area contributed by atoms with Crippen LogP contribution in [0.2, 0.25) is 0 Å². The number of amides is 1. The van der Waals surface area contributed by atoms with Crippen molar-refractivity contribution in [2.45, 2.75) is 19.3 Å². The van der Waals surface area contributed by atoms with Crippen LogP contribution in [0.5, 0.6) is 0 Å². The second kappa shape index (κ2) is 5.20. The van der Waals surface area contributed by atoms with Crippen LogP contribution in [0.4, 0.5) is 11.4 Å². The van der Waals surface area contributed by atoms with E-state index in [0.29, 0.717) is 44.7 Å². The molecule has 1 fully saturated rings. The minimum absolute atomic E-state index is 0.00125. The summed E-state index contributed by atoms with van der Waals surface area (Å²) in [6, 6.07) is 5.01. The molecule has 1 aromatic carbocycles. The molecular formula is C14H16N2O4. The normalized spacial score (nSPS) is 18.9. The summed E-state index contributed by atoms with van der Waals surface area (Å²) < 4.78 is 5.26. The molecule has 20 heavy (non-hydrogen) atoms. The molecule has 0 atom stereocenters. The number of carbonyl (C=O) groups is 1. The quantitative estimate of drug-likeness (QED) is 0.611. The first-order chi connectivity index (χ1) is 9.68. The molecule has 0 unspecified atom stereocenters. The summed E-state index contributed by atoms with van der Waals surface area (Å²) in [5.74, 6) is -0.0733. The molecule has 0 aromatic heterocycles. The lowest BCUT2D eigenvalue weighted by molar-refractivity contribution is -0.384. The molecule has 6 heteroatoms. The van der Waals surface area contributed by atoms with Gasteiger partial charge in [-0.15, -0.1) is 0 Å². The zero-order valence-corrected chi connectivity index (χ0v) is 11.1. The zero-order valence-electron chi connectivity index (χ0n) is 11.1. The van der Waals surface area contributed by atoms with Gasteiger partial charge >= 0.3 is 0 Å². The summed E-state index contributed by atoms with van der Waals surface area (Å²) in [7, 11) is 0. The third kappa shape index (κ3) is 2.16. The number of nitro benzene ring substituents is 1. The number of hydrogen-bond donors (Lipinski definition) is 0. The van der Waals surface area contributed by atoms with Crippen molar-refractivity contribution in [1.82, 2.24) is 0 Å². The zero-order chi connectivity index (χ0) is 14.1. The highest BCUT2D eigenvalue weighted by Crippen LogP contribution is 2.38. The highest BCUT2D eigenvalue weighted by atomic mass is 16.6. The van der Waals surface area contributed by atoms with E-state index in [4.69, 9.17) is 4.74 Å². The molecule has 1 amide bonds. The number of nitrogens with zero attached hydrogens (tertiary/aromatic N) is 2. The summed E-state index contributed by atoms with van der Waals surface area (Å²) in [5, 5.41) is 11.2. The van der Waals surface area contributed by atoms with Crippen molar-refractivity contribution in [3.8, 4) is 0 Å². The van der Waals surface area contributed by atoms with Crippen molar-refractivity contribution in [3.63, 3.8) is 0 Å². The lowest BCUT2D eigenvalue weighted by atomic mass is 9.98. The maximum Gasteiger partial charge on any atom is 0.293 e. The van der Waals surface area contributed by atoms with Gasteiger partial charge in [0.1, 0.15) is 5.69 Å². The Bertz CT molecular complexity index is 552. The number of fused-ring (bicyclic) bond motifs is 1. The number of anilines is 1. The fourth-order valence-electron chi connectivity index (χ4n) is 2.97. The van der Waals surface area contributed by atoms with Gasteiger partial charge in [-0.2, -0.15) is 0 Å². The van der Waals surface area contributed by atoms with E-state index in [9.17, 15) is 14.9 Å². The molecule has 1 saturated heterocycles. The molecule has 106 valence electrons. The van der Waals surface area contributed by atoms with E-state index in [1.165, 1.54) is 6.07 Å². The van der Waals surface area contributed by atoms with Gasteiger partial charge in [0.15, 0.2) is 0 Å². The van der Waals surface area contributed by atoms with Crippen molar-refractivity contribution in [2.75, 3.05) is 24.7 Å². The summed E-state index contributed by atoms with van der Waals surface area (Å²) in [6.07, 6.45) is 2.09. The van der Waals surface area contributed by atoms with Crippen LogP contribution in [0.1, 0.15) is 18.4 Å². The molecular weight excluding hydrogens is 260 g/mol. The Kier molecular flexibility index (Phi) is 3.40. The number of hydrogen-bond acceptors (Lipinski definition) is 4. The maximum atomic E-state index is 12.6. The van der Waals surface area contributed by atoms with Crippen molar-refractivity contribution >= 4 is 17.3 Å². The number of nitro groups is 1. The van der Waals surface area contributed by atoms with Gasteiger partial charge in [0.05, 0.1) is 4.92 Å². The van der Waals surface area contributed by atoms with Crippen LogP contribution in [0, 0.1) is 16.0 Å². The second-order valence-electron chi connectivity index (χ2n) is 5.17. The maximum absolute atomic E-state index is 12.6. The summed E-state index contributed by atoms with van der Waals surface area (Å²) in [6.45, 7) is 1.72. The first kappa shape index (κ1) is 13.1. The minimum Gasteiger partial charge on any atom is -0.381 e. The predicted octanol–water partition coefficient (Wildman–Crippen LogP) is 1.91. The molecule has 0 radical (unpaired) electrons. The molecule has 0 aliphatic carbocycles. The van der Waals surface area contributed by atoms with Crippen LogP contribution in [0.15, 0.2) is 18.2 Å². The Hall–Kier alpha value is -1.95. The summed E-state index contributed by atoms with van der Waals surface area (Å²) in [4.78, 5) is 24.9. The molecule has 6 nitrogen and oxygen atoms in total. The molecule has 0 bridgehead atoms. The van der Waals surface area contributed by atoms with Crippen molar-refractivity contribution in [2.24, 2.45) is 5.92 Å². The first-order valence-electron chi connectivity index (χ1n) is 6.84. The fraction of sp³-hybridized carbons (Fsp3) is 0.500. The Morgan fingerprint density at radius 3 is 2.80 bits per heavy atom. The Labute approximate surface area is 116 Å². The number of carbonyl (C=O) groups excluding carboxylic acids is 1. The van der Waals surface area contributed by atoms with E-state index in [0.717, 1.165) is 5.56 Å². The average Bonchev–Trinajstić information content (AvgIpc) is 2.91. The number of ether oxygens (including phenoxy) is 1. The van der Waals surface area contributed by atoms with E-state index in [2.05, 4.69) is 0 Å². The van der Waals surface area contributed by atoms with Gasteiger partial charge in [-0.3, -0.25) is 14.9 Å². The number of benzene rings is 1. The molecule has 2 aliphatic heterocycles. The lowest BCUT2D eigenvalue weighted by Gasteiger charge is -2.26. The van der Waals surface area contributed by atoms with Gasteiger partial charge in [-0.1, -0.05) is 12.1 Å². The highest BCUT2D eigenvalue weighted by Gasteiger charge is 2.35. The van der Waals surface area contributed by atoms with Crippen molar-refractivity contribution < 1.29 is 14.5 Å². The summed E-state index contributed by atoms with van der Waals surface area (Å²) in [5.41, 5.74) is 1.41. The number of para-hydroxylation sites is 1. The van der Waals surface area contributed by atoms with Gasteiger partial charge in [0.25, 0.3) is 5.69 Å². The largest absolute Gasteiger partial charge is 0.381 e. The van der Waals surface area contributed by atoms with Crippen molar-refractivity contribution in [3.05, 3.63) is 33.9 Å². The van der Waals surface area contributed by atoms with Gasteiger partial charge < -0.3 is 9.64 Å². The first-order valence-corrected chi connectivity index (χ1v) is 6.84. The topological polar surface area (TPSA) is 72.7 Å².